The molecular weight excluding hydrogens is 507 g/mol. The van der Waals surface area contributed by atoms with Crippen molar-refractivity contribution in [1.82, 2.24) is 0 Å². The van der Waals surface area contributed by atoms with Crippen LogP contribution in [-0.2, 0) is 0 Å². The monoisotopic (exact) mass is 514 g/mol. The van der Waals surface area contributed by atoms with Gasteiger partial charge in [-0.25, -0.2) is 4.79 Å². The third kappa shape index (κ3) is 95.0. The molecule has 8 heteroatoms. The molecule has 9 heavy (non-hydrogen) atoms. The van der Waals surface area contributed by atoms with Crippen molar-refractivity contribution in [1.29, 1.82) is 0 Å². The predicted molar refractivity (Wildman–Crippen MR) is 24.7 cm³/mol. The van der Waals surface area contributed by atoms with Crippen molar-refractivity contribution in [2.75, 3.05) is 0 Å². The van der Waals surface area contributed by atoms with Crippen LogP contribution in [0.1, 0.15) is 2.85 Å². The molecule has 0 saturated heterocycles. The average Bonchev–Trinajstić information content (AvgIpc) is 0.811. The van der Waals surface area contributed by atoms with E-state index >= 15 is 0 Å². The van der Waals surface area contributed by atoms with Gasteiger partial charge in [0.05, 0.1) is 0 Å². The Kier molecular flexibility index (Phi) is 135. The van der Waals surface area contributed by atoms with Crippen molar-refractivity contribution in [3.05, 3.63) is 0 Å². The Morgan fingerprint density at radius 3 is 1.33 bits per heavy atom. The van der Waals surface area contributed by atoms with Gasteiger partial charge in [-0.2, -0.15) is 0 Å². The molecule has 4 N–H and O–H groups in total. The van der Waals surface area contributed by atoms with Crippen LogP contribution in [0.2, 0.25) is 0 Å². The van der Waals surface area contributed by atoms with Crippen LogP contribution in [0.25, 0.3) is 0 Å². The van der Waals surface area contributed by atoms with E-state index in [9.17, 15) is 0 Å². The second kappa shape index (κ2) is 30.4. The van der Waals surface area contributed by atoms with Crippen LogP contribution >= 0.6 is 0 Å². The number of rotatable bonds is 0. The van der Waals surface area contributed by atoms with E-state index < -0.39 is 6.16 Å². The Labute approximate surface area is 150 Å². The first kappa shape index (κ1) is 40.0. The Hall–Kier alpha value is 3.12. The molecule has 0 unspecified atom stereocenters. The summed E-state index contributed by atoms with van der Waals surface area (Å²) in [5.41, 5.74) is 0. The third-order valence-electron chi connectivity index (χ3n) is 0. The smallest absolute Gasteiger partial charge is 1.00 e. The summed E-state index contributed by atoms with van der Waals surface area (Å²) in [5, 5.41) is 13.9. The van der Waals surface area contributed by atoms with Gasteiger partial charge in [-0.1, -0.05) is 0 Å². The van der Waals surface area contributed by atoms with Crippen LogP contribution in [0.4, 0.5) is 9.50 Å². The maximum absolute atomic E-state index is 8.56. The molecule has 0 aromatic carbocycles. The molecule has 0 aliphatic carbocycles. The summed E-state index contributed by atoms with van der Waals surface area (Å²) in [7, 11) is 0. The van der Waals surface area contributed by atoms with Gasteiger partial charge in [-0.3, -0.25) is 4.70 Å². The van der Waals surface area contributed by atoms with E-state index in [-0.39, 0.29) is 132 Å². The molecule has 0 radical (unpaired) electrons. The van der Waals surface area contributed by atoms with Crippen molar-refractivity contribution in [2.24, 2.45) is 0 Å². The Balaban J connectivity index is -0.00000000214. The number of carbonyl (C=O) groups is 1. The molecule has 0 spiro atoms. The minimum absolute atomic E-state index is 0. The standard InChI is InChI=1S/CH2O3.Ca.Ce.FH.H2O.Th.2H/c2-1(3)4;;;;;;;/h(H2,2,3,4);;;1H;1H2;;;/q;+2;;;;;2*-1. The fourth-order valence-corrected chi connectivity index (χ4v) is 0. The number of hydrogen-bond acceptors (Lipinski definition) is 1. The summed E-state index contributed by atoms with van der Waals surface area (Å²) in [4.78, 5) is 8.56. The van der Waals surface area contributed by atoms with Crippen LogP contribution < -0.4 is 0 Å². The Morgan fingerprint density at radius 1 is 1.33 bits per heavy atom. The van der Waals surface area contributed by atoms with E-state index in [2.05, 4.69) is 0 Å². The van der Waals surface area contributed by atoms with Gasteiger partial charge in [0, 0.05) is 81.7 Å². The molecule has 0 saturated carbocycles. The number of carboxylic acid groups (broad SMARTS) is 2. The van der Waals surface area contributed by atoms with Gasteiger partial charge in [-0.15, -0.1) is 0 Å². The molecule has 52 valence electrons. The molecule has 0 aliphatic heterocycles. The normalized spacial score (nSPS) is 2.67. The zero-order chi connectivity index (χ0) is 3.58. The summed E-state index contributed by atoms with van der Waals surface area (Å²) in [6.07, 6.45) is -1.83. The largest absolute Gasteiger partial charge is 2.00 e. The Morgan fingerprint density at radius 2 is 1.33 bits per heavy atom. The second-order valence-corrected chi connectivity index (χ2v) is 0.283. The maximum atomic E-state index is 8.56. The van der Waals surface area contributed by atoms with Crippen LogP contribution in [0.3, 0.4) is 0 Å². The van der Waals surface area contributed by atoms with Gasteiger partial charge in [0.1, 0.15) is 0 Å². The molecule has 0 aliphatic rings. The predicted octanol–water partition coefficient (Wildman–Crippen LogP) is -0.606. The minimum atomic E-state index is -1.83. The fraction of sp³-hybridized carbons (Fsp3) is 0. The quantitative estimate of drug-likeness (QED) is 0.424. The summed E-state index contributed by atoms with van der Waals surface area (Å²) < 4.78 is 0. The van der Waals surface area contributed by atoms with Gasteiger partial charge in [-0.05, 0) is 0 Å². The molecule has 0 aromatic rings. The minimum Gasteiger partial charge on any atom is -1.00 e. The average molecular weight is 514 g/mol. The first-order chi connectivity index (χ1) is 1.73. The molecule has 0 heterocycles. The number of halogens is 1. The molecule has 0 bridgehead atoms. The van der Waals surface area contributed by atoms with Crippen molar-refractivity contribution in [2.45, 2.75) is 0 Å². The molecule has 4 nitrogen and oxygen atoms in total. The van der Waals surface area contributed by atoms with Gasteiger partial charge in [0.15, 0.2) is 0 Å². The van der Waals surface area contributed by atoms with Crippen molar-refractivity contribution in [3.8, 4) is 0 Å². The fourth-order valence-electron chi connectivity index (χ4n) is 0. The van der Waals surface area contributed by atoms with Crippen molar-refractivity contribution >= 4 is 43.9 Å². The van der Waals surface area contributed by atoms with E-state index in [0.717, 1.165) is 0 Å². The second-order valence-electron chi connectivity index (χ2n) is 0.283. The first-order valence-electron chi connectivity index (χ1n) is 0.651. The molecule has 0 fully saturated rings. The topological polar surface area (TPSA) is 89.0 Å². The van der Waals surface area contributed by atoms with E-state index in [4.69, 9.17) is 15.0 Å². The molecule has 0 atom stereocenters. The molecular formula is CH7CaCeFO4Th. The maximum Gasteiger partial charge on any atom is 2.00 e. The summed E-state index contributed by atoms with van der Waals surface area (Å²) in [5.74, 6) is 0. The van der Waals surface area contributed by atoms with Crippen molar-refractivity contribution < 1.29 is 110 Å². The van der Waals surface area contributed by atoms with Crippen molar-refractivity contribution in [3.63, 3.8) is 0 Å². The van der Waals surface area contributed by atoms with Gasteiger partial charge < -0.3 is 18.5 Å². The summed E-state index contributed by atoms with van der Waals surface area (Å²) >= 11 is 0. The van der Waals surface area contributed by atoms with Crippen LogP contribution in [0.15, 0.2) is 0 Å². The SMILES string of the molecule is F.O.O=C(O)O.[Ca+2].[Ce].[H-].[H-].[Th]. The van der Waals surface area contributed by atoms with Crippen LogP contribution in [0, 0.1) is 81.7 Å². The van der Waals surface area contributed by atoms with E-state index in [1.54, 1.807) is 0 Å². The molecule has 0 amide bonds. The van der Waals surface area contributed by atoms with E-state index in [1.807, 2.05) is 0 Å². The summed E-state index contributed by atoms with van der Waals surface area (Å²) in [6, 6.07) is 0. The van der Waals surface area contributed by atoms with Gasteiger partial charge >= 0.3 is 43.9 Å². The zero-order valence-electron chi connectivity index (χ0n) is 6.42. The number of hydrogen-bond donors (Lipinski definition) is 2. The van der Waals surface area contributed by atoms with Crippen LogP contribution in [0.5, 0.6) is 0 Å². The molecule has 0 aromatic heterocycles. The van der Waals surface area contributed by atoms with Gasteiger partial charge in [0.2, 0.25) is 0 Å². The van der Waals surface area contributed by atoms with Gasteiger partial charge in [0.25, 0.3) is 0 Å². The summed E-state index contributed by atoms with van der Waals surface area (Å²) in [6.45, 7) is 0. The molecule has 0 rings (SSSR count). The zero-order valence-corrected chi connectivity index (χ0v) is 13.9. The van der Waals surface area contributed by atoms with E-state index in [1.165, 1.54) is 0 Å². The first-order valence-corrected chi connectivity index (χ1v) is 0.651. The Bertz CT molecular complexity index is 51.1. The third-order valence-corrected chi connectivity index (χ3v) is 0. The van der Waals surface area contributed by atoms with E-state index in [0.29, 0.717) is 0 Å². The van der Waals surface area contributed by atoms with Crippen LogP contribution in [-0.4, -0.2) is 59.6 Å².